The summed E-state index contributed by atoms with van der Waals surface area (Å²) in [7, 11) is 0. The molecule has 2 heterocycles. The van der Waals surface area contributed by atoms with E-state index in [9.17, 15) is 14.0 Å². The topological polar surface area (TPSA) is 50.3 Å². The van der Waals surface area contributed by atoms with Crippen molar-refractivity contribution in [2.75, 3.05) is 4.90 Å². The largest absolute Gasteiger partial charge is 0.300 e. The van der Waals surface area contributed by atoms with Crippen molar-refractivity contribution in [3.8, 4) is 0 Å². The van der Waals surface area contributed by atoms with E-state index in [0.717, 1.165) is 5.56 Å². The number of hydrogen-bond donors (Lipinski definition) is 0. The molecule has 0 fully saturated rings. The molecule has 0 N–H and O–H groups in total. The van der Waals surface area contributed by atoms with Gasteiger partial charge < -0.3 is 4.90 Å². The van der Waals surface area contributed by atoms with Gasteiger partial charge in [0.25, 0.3) is 11.7 Å². The lowest BCUT2D eigenvalue weighted by Crippen LogP contribution is -2.29. The number of fused-ring (bicyclic) bond motifs is 1. The molecular weight excluding hydrogens is 247 g/mol. The van der Waals surface area contributed by atoms with Crippen LogP contribution in [0.15, 0.2) is 42.7 Å². The Morgan fingerprint density at radius 2 is 1.84 bits per heavy atom. The summed E-state index contributed by atoms with van der Waals surface area (Å²) in [6.45, 7) is 0.226. The number of aromatic nitrogens is 1. The molecule has 1 aliphatic heterocycles. The number of carbonyl (C=O) groups excluding carboxylic acids is 2. The van der Waals surface area contributed by atoms with Crippen LogP contribution in [0.4, 0.5) is 10.1 Å². The smallest absolute Gasteiger partial charge is 0.299 e. The number of amides is 1. The quantitative estimate of drug-likeness (QED) is 0.772. The maximum absolute atomic E-state index is 13.3. The number of benzene rings is 1. The Morgan fingerprint density at radius 1 is 1.11 bits per heavy atom. The first kappa shape index (κ1) is 11.5. The number of pyridine rings is 1. The average Bonchev–Trinajstić information content (AvgIpc) is 2.65. The highest BCUT2D eigenvalue weighted by atomic mass is 19.1. The highest BCUT2D eigenvalue weighted by Gasteiger charge is 2.35. The van der Waals surface area contributed by atoms with Crippen molar-refractivity contribution < 1.29 is 14.0 Å². The number of rotatable bonds is 2. The van der Waals surface area contributed by atoms with E-state index >= 15 is 0 Å². The van der Waals surface area contributed by atoms with Gasteiger partial charge in [0.05, 0.1) is 17.8 Å². The van der Waals surface area contributed by atoms with Gasteiger partial charge in [-0.15, -0.1) is 0 Å². The maximum Gasteiger partial charge on any atom is 0.299 e. The monoisotopic (exact) mass is 256 g/mol. The predicted molar refractivity (Wildman–Crippen MR) is 66.2 cm³/mol. The molecule has 4 nitrogen and oxygen atoms in total. The van der Waals surface area contributed by atoms with Gasteiger partial charge >= 0.3 is 0 Å². The van der Waals surface area contributed by atoms with Crippen molar-refractivity contribution in [3.05, 3.63) is 59.7 Å². The van der Waals surface area contributed by atoms with E-state index in [0.29, 0.717) is 5.69 Å². The fourth-order valence-electron chi connectivity index (χ4n) is 2.10. The fourth-order valence-corrected chi connectivity index (χ4v) is 2.10. The second-order valence-electron chi connectivity index (χ2n) is 4.24. The third-order valence-electron chi connectivity index (χ3n) is 3.02. The number of ketones is 1. The zero-order valence-corrected chi connectivity index (χ0v) is 9.84. The summed E-state index contributed by atoms with van der Waals surface area (Å²) in [4.78, 5) is 28.9. The molecule has 1 aliphatic rings. The van der Waals surface area contributed by atoms with Crippen molar-refractivity contribution >= 4 is 17.4 Å². The zero-order valence-electron chi connectivity index (χ0n) is 9.84. The van der Waals surface area contributed by atoms with Gasteiger partial charge in [0.1, 0.15) is 5.82 Å². The first-order valence-electron chi connectivity index (χ1n) is 5.71. The number of Topliss-reactive ketones (excluding diaryl/α,β-unsaturated/α-hetero) is 1. The molecule has 0 bridgehead atoms. The fraction of sp³-hybridized carbons (Fsp3) is 0.0714. The summed E-state index contributed by atoms with van der Waals surface area (Å²) in [5.74, 6) is -1.69. The normalized spacial score (nSPS) is 13.8. The maximum atomic E-state index is 13.3. The lowest BCUT2D eigenvalue weighted by molar-refractivity contribution is -0.114. The summed E-state index contributed by atoms with van der Waals surface area (Å²) in [5.41, 5.74) is 1.40. The van der Waals surface area contributed by atoms with Crippen LogP contribution in [0.2, 0.25) is 0 Å². The minimum atomic E-state index is -0.627. The van der Waals surface area contributed by atoms with E-state index < -0.39 is 17.5 Å². The van der Waals surface area contributed by atoms with E-state index in [1.54, 1.807) is 24.5 Å². The van der Waals surface area contributed by atoms with Crippen molar-refractivity contribution in [1.29, 1.82) is 0 Å². The molecule has 2 aromatic rings. The van der Waals surface area contributed by atoms with Crippen LogP contribution in [0.3, 0.4) is 0 Å². The predicted octanol–water partition coefficient (Wildman–Crippen LogP) is 1.95. The second kappa shape index (κ2) is 4.28. The molecule has 0 saturated carbocycles. The number of hydrogen-bond acceptors (Lipinski definition) is 3. The van der Waals surface area contributed by atoms with Gasteiger partial charge in [-0.2, -0.15) is 0 Å². The molecule has 19 heavy (non-hydrogen) atoms. The third kappa shape index (κ3) is 1.89. The van der Waals surface area contributed by atoms with E-state index in [1.165, 1.54) is 23.1 Å². The molecule has 0 atom stereocenters. The number of nitrogens with zero attached hydrogens (tertiary/aromatic N) is 2. The Hall–Kier alpha value is -2.56. The summed E-state index contributed by atoms with van der Waals surface area (Å²) < 4.78 is 13.3. The zero-order chi connectivity index (χ0) is 13.4. The summed E-state index contributed by atoms with van der Waals surface area (Å²) in [6.07, 6.45) is 3.20. The van der Waals surface area contributed by atoms with Crippen molar-refractivity contribution in [2.24, 2.45) is 0 Å². The van der Waals surface area contributed by atoms with Gasteiger partial charge in [-0.05, 0) is 35.9 Å². The molecular formula is C14H9FN2O2. The molecule has 5 heteroatoms. The minimum Gasteiger partial charge on any atom is -0.300 e. The van der Waals surface area contributed by atoms with Gasteiger partial charge in [0.15, 0.2) is 0 Å². The van der Waals surface area contributed by atoms with Crippen LogP contribution < -0.4 is 4.90 Å². The highest BCUT2D eigenvalue weighted by Crippen LogP contribution is 2.30. The summed E-state index contributed by atoms with van der Waals surface area (Å²) >= 11 is 0. The SMILES string of the molecule is O=C1C(=O)N(Cc2ccncc2)c2cc(F)ccc21. The summed E-state index contributed by atoms with van der Waals surface area (Å²) in [5, 5.41) is 0. The molecule has 0 spiro atoms. The highest BCUT2D eigenvalue weighted by molar-refractivity contribution is 6.52. The van der Waals surface area contributed by atoms with Crippen molar-refractivity contribution in [3.63, 3.8) is 0 Å². The molecule has 1 aromatic carbocycles. The first-order valence-corrected chi connectivity index (χ1v) is 5.71. The average molecular weight is 256 g/mol. The second-order valence-corrected chi connectivity index (χ2v) is 4.24. The van der Waals surface area contributed by atoms with E-state index in [2.05, 4.69) is 4.98 Å². The number of anilines is 1. The van der Waals surface area contributed by atoms with Crippen LogP contribution >= 0.6 is 0 Å². The van der Waals surface area contributed by atoms with Gasteiger partial charge in [0, 0.05) is 12.4 Å². The molecule has 0 saturated heterocycles. The molecule has 3 rings (SSSR count). The van der Waals surface area contributed by atoms with Crippen molar-refractivity contribution in [2.45, 2.75) is 6.54 Å². The van der Waals surface area contributed by atoms with Crippen LogP contribution in [0.1, 0.15) is 15.9 Å². The van der Waals surface area contributed by atoms with E-state index in [-0.39, 0.29) is 12.1 Å². The Labute approximate surface area is 108 Å². The Bertz CT molecular complexity index is 670. The van der Waals surface area contributed by atoms with Crippen LogP contribution in [0, 0.1) is 5.82 Å². The van der Waals surface area contributed by atoms with Crippen LogP contribution in [0.25, 0.3) is 0 Å². The van der Waals surface area contributed by atoms with Crippen LogP contribution in [0.5, 0.6) is 0 Å². The number of carbonyl (C=O) groups is 2. The minimum absolute atomic E-state index is 0.226. The van der Waals surface area contributed by atoms with Gasteiger partial charge in [-0.25, -0.2) is 4.39 Å². The van der Waals surface area contributed by atoms with Gasteiger partial charge in [-0.3, -0.25) is 14.6 Å². The molecule has 0 unspecified atom stereocenters. The molecule has 0 aliphatic carbocycles. The van der Waals surface area contributed by atoms with Crippen LogP contribution in [-0.4, -0.2) is 16.7 Å². The lowest BCUT2D eigenvalue weighted by Gasteiger charge is -2.16. The first-order chi connectivity index (χ1) is 9.16. The Balaban J connectivity index is 2.01. The van der Waals surface area contributed by atoms with Gasteiger partial charge in [0.2, 0.25) is 0 Å². The van der Waals surface area contributed by atoms with Gasteiger partial charge in [-0.1, -0.05) is 0 Å². The van der Waals surface area contributed by atoms with Crippen molar-refractivity contribution in [1.82, 2.24) is 4.98 Å². The Kier molecular flexibility index (Phi) is 2.59. The lowest BCUT2D eigenvalue weighted by atomic mass is 10.1. The molecule has 94 valence electrons. The molecule has 1 amide bonds. The Morgan fingerprint density at radius 3 is 2.58 bits per heavy atom. The van der Waals surface area contributed by atoms with Crippen LogP contribution in [-0.2, 0) is 11.3 Å². The van der Waals surface area contributed by atoms with E-state index in [4.69, 9.17) is 0 Å². The third-order valence-corrected chi connectivity index (χ3v) is 3.02. The number of halogens is 1. The molecule has 0 radical (unpaired) electrons. The van der Waals surface area contributed by atoms with E-state index in [1.807, 2.05) is 0 Å². The standard InChI is InChI=1S/C14H9FN2O2/c15-10-1-2-11-12(7-10)17(14(19)13(11)18)8-9-3-5-16-6-4-9/h1-7H,8H2. The molecule has 1 aromatic heterocycles. The summed E-state index contributed by atoms with van der Waals surface area (Å²) in [6, 6.07) is 7.22.